The predicted octanol–water partition coefficient (Wildman–Crippen LogP) is 2.90. The number of hydrogen-bond donors (Lipinski definition) is 2. The van der Waals surface area contributed by atoms with E-state index in [2.05, 4.69) is 21.2 Å². The van der Waals surface area contributed by atoms with Crippen LogP contribution in [-0.2, 0) is 9.59 Å². The van der Waals surface area contributed by atoms with Gasteiger partial charge >= 0.3 is 0 Å². The highest BCUT2D eigenvalue weighted by Crippen LogP contribution is 2.48. The van der Waals surface area contributed by atoms with Crippen molar-refractivity contribution in [2.45, 2.75) is 18.4 Å². The number of hydrogen-bond acceptors (Lipinski definition) is 2. The molecule has 1 fully saturated rings. The highest BCUT2D eigenvalue weighted by Gasteiger charge is 2.44. The standard InChI is InChI=1S/C18H17BrN2O2/c19-13-8-4-7-12(9-13)14-10-15(14)18(23)21-16(17(20)22)11-5-2-1-3-6-11/h1-9,14-16H,10H2,(H2,20,22)(H,21,23)/t14-,15+,16+/m0/s1. The number of amides is 2. The first kappa shape index (κ1) is 15.7. The molecule has 23 heavy (non-hydrogen) atoms. The Kier molecular flexibility index (Phi) is 4.48. The lowest BCUT2D eigenvalue weighted by molar-refractivity contribution is -0.128. The summed E-state index contributed by atoms with van der Waals surface area (Å²) in [5, 5.41) is 2.78. The molecule has 2 amide bonds. The van der Waals surface area contributed by atoms with Gasteiger partial charge in [-0.3, -0.25) is 9.59 Å². The molecule has 0 bridgehead atoms. The van der Waals surface area contributed by atoms with Crippen molar-refractivity contribution in [2.75, 3.05) is 0 Å². The van der Waals surface area contributed by atoms with Crippen molar-refractivity contribution in [1.29, 1.82) is 0 Å². The summed E-state index contributed by atoms with van der Waals surface area (Å²) in [5.74, 6) is -0.571. The van der Waals surface area contributed by atoms with Gasteiger partial charge in [-0.2, -0.15) is 0 Å². The van der Waals surface area contributed by atoms with Gasteiger partial charge in [0.15, 0.2) is 0 Å². The summed E-state index contributed by atoms with van der Waals surface area (Å²) in [5.41, 5.74) is 7.28. The average molecular weight is 373 g/mol. The third-order valence-corrected chi connectivity index (χ3v) is 4.60. The fourth-order valence-electron chi connectivity index (χ4n) is 2.80. The maximum atomic E-state index is 12.4. The van der Waals surface area contributed by atoms with Gasteiger partial charge in [-0.1, -0.05) is 58.4 Å². The van der Waals surface area contributed by atoms with E-state index in [-0.39, 0.29) is 17.7 Å². The zero-order valence-electron chi connectivity index (χ0n) is 12.4. The van der Waals surface area contributed by atoms with Crippen LogP contribution in [0.5, 0.6) is 0 Å². The molecule has 0 unspecified atom stereocenters. The van der Waals surface area contributed by atoms with E-state index in [1.54, 1.807) is 12.1 Å². The summed E-state index contributed by atoms with van der Waals surface area (Å²) in [7, 11) is 0. The van der Waals surface area contributed by atoms with Gasteiger partial charge in [0, 0.05) is 10.4 Å². The first-order valence-electron chi connectivity index (χ1n) is 7.46. The quantitative estimate of drug-likeness (QED) is 0.846. The molecule has 1 aliphatic carbocycles. The number of benzene rings is 2. The molecule has 0 aromatic heterocycles. The molecule has 0 saturated heterocycles. The van der Waals surface area contributed by atoms with Crippen molar-refractivity contribution in [2.24, 2.45) is 11.7 Å². The normalized spacial score (nSPS) is 20.6. The minimum atomic E-state index is -0.785. The van der Waals surface area contributed by atoms with Crippen molar-refractivity contribution in [3.05, 3.63) is 70.2 Å². The van der Waals surface area contributed by atoms with E-state index in [0.29, 0.717) is 5.56 Å². The molecule has 0 aliphatic heterocycles. The molecule has 1 aliphatic rings. The minimum Gasteiger partial charge on any atom is -0.368 e. The number of rotatable bonds is 5. The maximum absolute atomic E-state index is 12.4. The highest BCUT2D eigenvalue weighted by molar-refractivity contribution is 9.10. The number of carbonyl (C=O) groups is 2. The fraction of sp³-hybridized carbons (Fsp3) is 0.222. The third kappa shape index (κ3) is 3.62. The lowest BCUT2D eigenvalue weighted by Gasteiger charge is -2.16. The van der Waals surface area contributed by atoms with E-state index in [1.165, 1.54) is 0 Å². The number of nitrogens with one attached hydrogen (secondary N) is 1. The molecule has 0 spiro atoms. The van der Waals surface area contributed by atoms with E-state index >= 15 is 0 Å². The molecule has 2 aromatic rings. The molecule has 118 valence electrons. The van der Waals surface area contributed by atoms with Gasteiger partial charge in [-0.15, -0.1) is 0 Å². The predicted molar refractivity (Wildman–Crippen MR) is 91.5 cm³/mol. The van der Waals surface area contributed by atoms with Crippen LogP contribution in [0.3, 0.4) is 0 Å². The monoisotopic (exact) mass is 372 g/mol. The highest BCUT2D eigenvalue weighted by atomic mass is 79.9. The van der Waals surface area contributed by atoms with Crippen molar-refractivity contribution in [3.63, 3.8) is 0 Å². The number of carbonyl (C=O) groups excluding carboxylic acids is 2. The van der Waals surface area contributed by atoms with Crippen LogP contribution >= 0.6 is 15.9 Å². The van der Waals surface area contributed by atoms with Crippen molar-refractivity contribution >= 4 is 27.7 Å². The van der Waals surface area contributed by atoms with Crippen LogP contribution in [0, 0.1) is 5.92 Å². The lowest BCUT2D eigenvalue weighted by atomic mass is 10.1. The second kappa shape index (κ2) is 6.54. The van der Waals surface area contributed by atoms with Crippen LogP contribution in [-0.4, -0.2) is 11.8 Å². The second-order valence-corrected chi connectivity index (χ2v) is 6.67. The molecular weight excluding hydrogens is 356 g/mol. The first-order chi connectivity index (χ1) is 11.1. The maximum Gasteiger partial charge on any atom is 0.244 e. The second-order valence-electron chi connectivity index (χ2n) is 5.76. The summed E-state index contributed by atoms with van der Waals surface area (Å²) in [6.45, 7) is 0. The summed E-state index contributed by atoms with van der Waals surface area (Å²) >= 11 is 3.44. The van der Waals surface area contributed by atoms with Crippen LogP contribution in [0.15, 0.2) is 59.1 Å². The minimum absolute atomic E-state index is 0.102. The van der Waals surface area contributed by atoms with Crippen molar-refractivity contribution in [3.8, 4) is 0 Å². The molecule has 3 atom stereocenters. The summed E-state index contributed by atoms with van der Waals surface area (Å²) in [6, 6.07) is 16.2. The van der Waals surface area contributed by atoms with Gasteiger partial charge in [-0.05, 0) is 35.6 Å². The van der Waals surface area contributed by atoms with E-state index in [9.17, 15) is 9.59 Å². The molecule has 0 radical (unpaired) electrons. The molecule has 1 saturated carbocycles. The summed E-state index contributed by atoms with van der Waals surface area (Å²) in [4.78, 5) is 24.1. The number of halogens is 1. The number of primary amides is 1. The number of nitrogens with two attached hydrogens (primary N) is 1. The molecular formula is C18H17BrN2O2. The zero-order chi connectivity index (χ0) is 16.4. The Balaban J connectivity index is 1.68. The SMILES string of the molecule is NC(=O)[C@H](NC(=O)[C@@H]1C[C@H]1c1cccc(Br)c1)c1ccccc1. The van der Waals surface area contributed by atoms with Gasteiger partial charge in [-0.25, -0.2) is 0 Å². The molecule has 3 N–H and O–H groups in total. The third-order valence-electron chi connectivity index (χ3n) is 4.11. The Morgan fingerprint density at radius 2 is 1.87 bits per heavy atom. The molecule has 0 heterocycles. The first-order valence-corrected chi connectivity index (χ1v) is 8.25. The lowest BCUT2D eigenvalue weighted by Crippen LogP contribution is -2.38. The molecule has 3 rings (SSSR count). The van der Waals surface area contributed by atoms with Gasteiger partial charge < -0.3 is 11.1 Å². The van der Waals surface area contributed by atoms with Crippen LogP contribution < -0.4 is 11.1 Å². The average Bonchev–Trinajstić information content (AvgIpc) is 3.33. The van der Waals surface area contributed by atoms with Crippen LogP contribution in [0.2, 0.25) is 0 Å². The van der Waals surface area contributed by atoms with Crippen molar-refractivity contribution < 1.29 is 9.59 Å². The molecule has 2 aromatic carbocycles. The van der Waals surface area contributed by atoms with E-state index in [4.69, 9.17) is 5.73 Å². The fourth-order valence-corrected chi connectivity index (χ4v) is 3.22. The van der Waals surface area contributed by atoms with E-state index in [1.807, 2.05) is 42.5 Å². The Morgan fingerprint density at radius 3 is 2.52 bits per heavy atom. The van der Waals surface area contributed by atoms with E-state index in [0.717, 1.165) is 16.5 Å². The summed E-state index contributed by atoms with van der Waals surface area (Å²) < 4.78 is 1.00. The molecule has 4 nitrogen and oxygen atoms in total. The van der Waals surface area contributed by atoms with Crippen molar-refractivity contribution in [1.82, 2.24) is 5.32 Å². The Labute approximate surface area is 143 Å². The van der Waals surface area contributed by atoms with Crippen LogP contribution in [0.25, 0.3) is 0 Å². The van der Waals surface area contributed by atoms with E-state index < -0.39 is 11.9 Å². The Morgan fingerprint density at radius 1 is 1.13 bits per heavy atom. The topological polar surface area (TPSA) is 72.2 Å². The Hall–Kier alpha value is -2.14. The van der Waals surface area contributed by atoms with Crippen LogP contribution in [0.1, 0.15) is 29.5 Å². The largest absolute Gasteiger partial charge is 0.368 e. The van der Waals surface area contributed by atoms with Gasteiger partial charge in [0.05, 0.1) is 0 Å². The van der Waals surface area contributed by atoms with Crippen LogP contribution in [0.4, 0.5) is 0 Å². The van der Waals surface area contributed by atoms with Gasteiger partial charge in [0.1, 0.15) is 6.04 Å². The Bertz CT molecular complexity index is 733. The molecule has 5 heteroatoms. The van der Waals surface area contributed by atoms with Gasteiger partial charge in [0.2, 0.25) is 11.8 Å². The summed E-state index contributed by atoms with van der Waals surface area (Å²) in [6.07, 6.45) is 0.794. The van der Waals surface area contributed by atoms with Gasteiger partial charge in [0.25, 0.3) is 0 Å². The zero-order valence-corrected chi connectivity index (χ0v) is 14.0. The smallest absolute Gasteiger partial charge is 0.244 e.